The minimum atomic E-state index is -0.294. The van der Waals surface area contributed by atoms with Crippen LogP contribution >= 0.6 is 0 Å². The Morgan fingerprint density at radius 3 is 2.31 bits per heavy atom. The van der Waals surface area contributed by atoms with Gasteiger partial charge in [-0.2, -0.15) is 0 Å². The lowest BCUT2D eigenvalue weighted by Gasteiger charge is -2.14. The summed E-state index contributed by atoms with van der Waals surface area (Å²) < 4.78 is 5.84. The van der Waals surface area contributed by atoms with Crippen molar-refractivity contribution >= 4 is 23.4 Å². The minimum Gasteiger partial charge on any atom is -0.470 e. The predicted molar refractivity (Wildman–Crippen MR) is 119 cm³/mol. The topological polar surface area (TPSA) is 88.6 Å². The van der Waals surface area contributed by atoms with Crippen molar-refractivity contribution in [1.29, 1.82) is 0 Å². The van der Waals surface area contributed by atoms with Crippen LogP contribution in [0, 0.1) is 0 Å². The lowest BCUT2D eigenvalue weighted by Crippen LogP contribution is -2.28. The normalized spacial score (nSPS) is 14.3. The number of carbonyl (C=O) groups excluding carboxylic acids is 3. The van der Waals surface area contributed by atoms with E-state index < -0.39 is 0 Å². The Morgan fingerprint density at radius 2 is 1.69 bits per heavy atom. The number of pyridine rings is 1. The number of anilines is 1. The van der Waals surface area contributed by atoms with Crippen molar-refractivity contribution in [2.24, 2.45) is 0 Å². The molecule has 7 heteroatoms. The number of hydrogen-bond donors (Lipinski definition) is 1. The summed E-state index contributed by atoms with van der Waals surface area (Å²) in [5.74, 6) is -0.151. The monoisotopic (exact) mass is 429 g/mol. The van der Waals surface area contributed by atoms with E-state index in [4.69, 9.17) is 4.74 Å². The molecule has 1 aliphatic rings. The average Bonchev–Trinajstić information content (AvgIpc) is 3.13. The van der Waals surface area contributed by atoms with E-state index in [1.54, 1.807) is 36.4 Å². The number of hydrogen-bond acceptors (Lipinski definition) is 5. The molecule has 0 radical (unpaired) electrons. The van der Waals surface area contributed by atoms with Crippen molar-refractivity contribution in [1.82, 2.24) is 9.88 Å². The molecule has 2 aromatic carbocycles. The number of aromatic nitrogens is 1. The molecule has 1 saturated heterocycles. The van der Waals surface area contributed by atoms with Crippen LogP contribution in [0.2, 0.25) is 0 Å². The van der Waals surface area contributed by atoms with E-state index in [-0.39, 0.29) is 43.2 Å². The summed E-state index contributed by atoms with van der Waals surface area (Å²) in [4.78, 5) is 41.5. The number of nitrogens with one attached hydrogen (secondary N) is 1. The van der Waals surface area contributed by atoms with Gasteiger partial charge in [0, 0.05) is 30.8 Å². The van der Waals surface area contributed by atoms with Crippen molar-refractivity contribution in [3.05, 3.63) is 89.6 Å². The molecule has 0 saturated carbocycles. The van der Waals surface area contributed by atoms with E-state index in [0.717, 1.165) is 11.1 Å². The highest BCUT2D eigenvalue weighted by atomic mass is 16.5. The number of ether oxygens (including phenoxy) is 1. The molecule has 7 nitrogen and oxygen atoms in total. The van der Waals surface area contributed by atoms with Gasteiger partial charge in [0.25, 0.3) is 5.91 Å². The lowest BCUT2D eigenvalue weighted by atomic mass is 10.1. The van der Waals surface area contributed by atoms with E-state index >= 15 is 0 Å². The smallest absolute Gasteiger partial charge is 0.257 e. The number of amides is 3. The zero-order valence-corrected chi connectivity index (χ0v) is 17.7. The maximum atomic E-state index is 12.5. The largest absolute Gasteiger partial charge is 0.470 e. The van der Waals surface area contributed by atoms with Gasteiger partial charge < -0.3 is 10.1 Å². The number of imide groups is 1. The fraction of sp³-hybridized carbons (Fsp3) is 0.200. The number of rotatable bonds is 7. The van der Waals surface area contributed by atoms with Crippen LogP contribution in [-0.4, -0.2) is 27.6 Å². The van der Waals surface area contributed by atoms with Gasteiger partial charge >= 0.3 is 0 Å². The van der Waals surface area contributed by atoms with E-state index in [1.807, 2.05) is 37.3 Å². The highest BCUT2D eigenvalue weighted by molar-refractivity contribution is 6.04. The molecule has 1 N–H and O–H groups in total. The highest BCUT2D eigenvalue weighted by Gasteiger charge is 2.28. The van der Waals surface area contributed by atoms with Gasteiger partial charge in [-0.15, -0.1) is 0 Å². The molecule has 0 aliphatic carbocycles. The summed E-state index contributed by atoms with van der Waals surface area (Å²) in [5.41, 5.74) is 2.87. The third kappa shape index (κ3) is 5.00. The lowest BCUT2D eigenvalue weighted by molar-refractivity contribution is -0.139. The van der Waals surface area contributed by atoms with Crippen LogP contribution in [0.4, 0.5) is 5.69 Å². The van der Waals surface area contributed by atoms with E-state index in [0.29, 0.717) is 17.1 Å². The second-order valence-corrected chi connectivity index (χ2v) is 7.58. The molecule has 1 fully saturated rings. The van der Waals surface area contributed by atoms with E-state index in [1.165, 1.54) is 11.1 Å². The quantitative estimate of drug-likeness (QED) is 0.571. The SMILES string of the molecule is C[C@@H](Oc1ccc(C(=O)Nc2ccc(CN3C(=O)CCC3=O)cc2)cn1)c1ccccc1. The van der Waals surface area contributed by atoms with Gasteiger partial charge in [0.15, 0.2) is 0 Å². The molecular weight excluding hydrogens is 406 g/mol. The summed E-state index contributed by atoms with van der Waals surface area (Å²) in [6.07, 6.45) is 1.86. The maximum Gasteiger partial charge on any atom is 0.257 e. The summed E-state index contributed by atoms with van der Waals surface area (Å²) >= 11 is 0. The van der Waals surface area contributed by atoms with Crippen LogP contribution < -0.4 is 10.1 Å². The first-order valence-corrected chi connectivity index (χ1v) is 10.4. The zero-order valence-electron chi connectivity index (χ0n) is 17.7. The highest BCUT2D eigenvalue weighted by Crippen LogP contribution is 2.21. The van der Waals surface area contributed by atoms with Gasteiger partial charge in [0.2, 0.25) is 17.7 Å². The van der Waals surface area contributed by atoms with Crippen LogP contribution in [0.15, 0.2) is 72.9 Å². The van der Waals surface area contributed by atoms with Gasteiger partial charge in [-0.05, 0) is 36.2 Å². The molecule has 3 aromatic rings. The first-order valence-electron chi connectivity index (χ1n) is 10.4. The number of carbonyl (C=O) groups is 3. The standard InChI is InChI=1S/C25H23N3O4/c1-17(19-5-3-2-4-6-19)32-22-12-9-20(15-26-22)25(31)27-21-10-7-18(8-11-21)16-28-23(29)13-14-24(28)30/h2-12,15,17H,13-14,16H2,1H3,(H,27,31)/t17-/m1/s1. The average molecular weight is 429 g/mol. The molecule has 162 valence electrons. The maximum absolute atomic E-state index is 12.5. The number of benzene rings is 2. The second-order valence-electron chi connectivity index (χ2n) is 7.58. The van der Waals surface area contributed by atoms with Crippen molar-refractivity contribution in [2.45, 2.75) is 32.4 Å². The minimum absolute atomic E-state index is 0.148. The van der Waals surface area contributed by atoms with Crippen LogP contribution in [0.3, 0.4) is 0 Å². The Morgan fingerprint density at radius 1 is 1.00 bits per heavy atom. The van der Waals surface area contributed by atoms with E-state index in [9.17, 15) is 14.4 Å². The second kappa shape index (κ2) is 9.43. The van der Waals surface area contributed by atoms with Crippen LogP contribution in [0.25, 0.3) is 0 Å². The van der Waals surface area contributed by atoms with Crippen LogP contribution in [0.5, 0.6) is 5.88 Å². The Balaban J connectivity index is 1.33. The van der Waals surface area contributed by atoms with Crippen molar-refractivity contribution in [2.75, 3.05) is 5.32 Å². The molecule has 0 unspecified atom stereocenters. The Kier molecular flexibility index (Phi) is 6.26. The number of nitrogens with zero attached hydrogens (tertiary/aromatic N) is 2. The first-order chi connectivity index (χ1) is 15.5. The molecule has 0 spiro atoms. The fourth-order valence-electron chi connectivity index (χ4n) is 3.44. The van der Waals surface area contributed by atoms with Crippen LogP contribution in [0.1, 0.15) is 47.4 Å². The van der Waals surface area contributed by atoms with Gasteiger partial charge in [0.05, 0.1) is 12.1 Å². The molecule has 32 heavy (non-hydrogen) atoms. The van der Waals surface area contributed by atoms with Gasteiger partial charge in [-0.3, -0.25) is 19.3 Å². The molecule has 1 aromatic heterocycles. The third-order valence-electron chi connectivity index (χ3n) is 5.27. The summed E-state index contributed by atoms with van der Waals surface area (Å²) in [6, 6.07) is 20.2. The molecule has 1 aliphatic heterocycles. The Hall–Kier alpha value is -4.00. The van der Waals surface area contributed by atoms with Crippen molar-refractivity contribution < 1.29 is 19.1 Å². The zero-order chi connectivity index (χ0) is 22.5. The van der Waals surface area contributed by atoms with Gasteiger partial charge in [0.1, 0.15) is 6.10 Å². The van der Waals surface area contributed by atoms with Crippen molar-refractivity contribution in [3.63, 3.8) is 0 Å². The summed E-state index contributed by atoms with van der Waals surface area (Å²) in [6.45, 7) is 2.19. The summed E-state index contributed by atoms with van der Waals surface area (Å²) in [7, 11) is 0. The molecule has 0 bridgehead atoms. The first kappa shape index (κ1) is 21.2. The third-order valence-corrected chi connectivity index (χ3v) is 5.27. The predicted octanol–water partition coefficient (Wildman–Crippen LogP) is 4.12. The van der Waals surface area contributed by atoms with Gasteiger partial charge in [-0.1, -0.05) is 42.5 Å². The molecule has 3 amide bonds. The van der Waals surface area contributed by atoms with Gasteiger partial charge in [-0.25, -0.2) is 4.98 Å². The number of likely N-dealkylation sites (tertiary alicyclic amines) is 1. The van der Waals surface area contributed by atoms with Crippen molar-refractivity contribution in [3.8, 4) is 5.88 Å². The Labute approximate surface area is 186 Å². The molecule has 4 rings (SSSR count). The molecule has 2 heterocycles. The van der Waals surface area contributed by atoms with Crippen LogP contribution in [-0.2, 0) is 16.1 Å². The summed E-state index contributed by atoms with van der Waals surface area (Å²) in [5, 5.41) is 2.82. The van der Waals surface area contributed by atoms with E-state index in [2.05, 4.69) is 10.3 Å². The Bertz CT molecular complexity index is 1100. The molecular formula is C25H23N3O4. The molecule has 1 atom stereocenters. The fourth-order valence-corrected chi connectivity index (χ4v) is 3.44.